The maximum absolute atomic E-state index is 13.5. The Labute approximate surface area is 183 Å². The number of hydrogen-bond acceptors (Lipinski definition) is 3. The fourth-order valence-electron chi connectivity index (χ4n) is 4.48. The molecule has 0 bridgehead atoms. The van der Waals surface area contributed by atoms with Crippen LogP contribution in [0.2, 0.25) is 0 Å². The number of anilines is 1. The standard InChI is InChI=1S/C27H27NO3/c1-17-9-11-21(19(3)13-17)16-28-24-8-6-5-7-23(24)27(31,26(28)30)15-25(29)22-12-10-18(2)14-20(22)4/h5-14,31H,15-16H2,1-4H3/t27-/m1/s1. The summed E-state index contributed by atoms with van der Waals surface area (Å²) < 4.78 is 0. The van der Waals surface area contributed by atoms with Crippen LogP contribution in [0, 0.1) is 27.7 Å². The highest BCUT2D eigenvalue weighted by Crippen LogP contribution is 2.43. The van der Waals surface area contributed by atoms with Crippen molar-refractivity contribution >= 4 is 17.4 Å². The van der Waals surface area contributed by atoms with Crippen molar-refractivity contribution in [3.63, 3.8) is 0 Å². The normalized spacial score (nSPS) is 17.7. The predicted octanol–water partition coefficient (Wildman–Crippen LogP) is 4.93. The molecular weight excluding hydrogens is 386 g/mol. The second kappa shape index (κ2) is 7.78. The van der Waals surface area contributed by atoms with Gasteiger partial charge in [-0.05, 0) is 50.5 Å². The van der Waals surface area contributed by atoms with Crippen molar-refractivity contribution in [3.05, 3.63) is 99.6 Å². The second-order valence-electron chi connectivity index (χ2n) is 8.62. The van der Waals surface area contributed by atoms with Gasteiger partial charge in [-0.15, -0.1) is 0 Å². The molecule has 0 saturated heterocycles. The first-order chi connectivity index (χ1) is 14.7. The Balaban J connectivity index is 1.70. The van der Waals surface area contributed by atoms with Gasteiger partial charge in [-0.25, -0.2) is 0 Å². The first kappa shape index (κ1) is 21.0. The highest BCUT2D eigenvalue weighted by atomic mass is 16.3. The van der Waals surface area contributed by atoms with Crippen molar-refractivity contribution in [2.75, 3.05) is 4.90 Å². The molecule has 1 aliphatic heterocycles. The minimum Gasteiger partial charge on any atom is -0.375 e. The summed E-state index contributed by atoms with van der Waals surface area (Å²) in [5, 5.41) is 11.5. The van der Waals surface area contributed by atoms with Crippen LogP contribution >= 0.6 is 0 Å². The summed E-state index contributed by atoms with van der Waals surface area (Å²) in [7, 11) is 0. The number of carbonyl (C=O) groups is 2. The van der Waals surface area contributed by atoms with E-state index in [-0.39, 0.29) is 12.2 Å². The van der Waals surface area contributed by atoms with Gasteiger partial charge in [0, 0.05) is 11.1 Å². The number of para-hydroxylation sites is 1. The fourth-order valence-corrected chi connectivity index (χ4v) is 4.48. The van der Waals surface area contributed by atoms with Crippen molar-refractivity contribution in [3.8, 4) is 0 Å². The Morgan fingerprint density at radius 2 is 1.55 bits per heavy atom. The van der Waals surface area contributed by atoms with Gasteiger partial charge in [-0.3, -0.25) is 9.59 Å². The summed E-state index contributed by atoms with van der Waals surface area (Å²) >= 11 is 0. The molecule has 3 aromatic carbocycles. The van der Waals surface area contributed by atoms with Crippen molar-refractivity contribution in [1.82, 2.24) is 0 Å². The molecule has 1 amide bonds. The summed E-state index contributed by atoms with van der Waals surface area (Å²) in [5.41, 5.74) is 4.98. The minimum absolute atomic E-state index is 0.239. The maximum Gasteiger partial charge on any atom is 0.264 e. The lowest BCUT2D eigenvalue weighted by atomic mass is 9.87. The molecule has 0 aromatic heterocycles. The average molecular weight is 414 g/mol. The Bertz CT molecular complexity index is 1200. The van der Waals surface area contributed by atoms with Crippen LogP contribution < -0.4 is 4.90 Å². The molecule has 4 nitrogen and oxygen atoms in total. The third-order valence-corrected chi connectivity index (χ3v) is 6.16. The van der Waals surface area contributed by atoms with E-state index < -0.39 is 11.5 Å². The van der Waals surface area contributed by atoms with Crippen molar-refractivity contribution in [2.45, 2.75) is 46.3 Å². The minimum atomic E-state index is -1.87. The monoisotopic (exact) mass is 413 g/mol. The van der Waals surface area contributed by atoms with Crippen molar-refractivity contribution in [1.29, 1.82) is 0 Å². The fraction of sp³-hybridized carbons (Fsp3) is 0.259. The van der Waals surface area contributed by atoms with Gasteiger partial charge in [-0.1, -0.05) is 65.7 Å². The van der Waals surface area contributed by atoms with Crippen LogP contribution in [-0.4, -0.2) is 16.8 Å². The smallest absolute Gasteiger partial charge is 0.264 e. The van der Waals surface area contributed by atoms with Crippen molar-refractivity contribution < 1.29 is 14.7 Å². The summed E-state index contributed by atoms with van der Waals surface area (Å²) in [4.78, 5) is 28.2. The van der Waals surface area contributed by atoms with Crippen LogP contribution in [-0.2, 0) is 16.9 Å². The first-order valence-electron chi connectivity index (χ1n) is 10.5. The summed E-state index contributed by atoms with van der Waals surface area (Å²) in [5.74, 6) is -0.691. The number of Topliss-reactive ketones (excluding diaryl/α,β-unsaturated/α-hetero) is 1. The lowest BCUT2D eigenvalue weighted by molar-refractivity contribution is -0.136. The van der Waals surface area contributed by atoms with Gasteiger partial charge in [0.15, 0.2) is 11.4 Å². The number of amides is 1. The molecule has 0 saturated carbocycles. The number of aryl methyl sites for hydroxylation is 4. The van der Waals surface area contributed by atoms with Crippen LogP contribution in [0.15, 0.2) is 60.7 Å². The van der Waals surface area contributed by atoms with E-state index in [0.29, 0.717) is 23.4 Å². The summed E-state index contributed by atoms with van der Waals surface area (Å²) in [6.45, 7) is 8.24. The number of nitrogens with zero attached hydrogens (tertiary/aromatic N) is 1. The second-order valence-corrected chi connectivity index (χ2v) is 8.62. The maximum atomic E-state index is 13.5. The zero-order chi connectivity index (χ0) is 22.3. The third-order valence-electron chi connectivity index (χ3n) is 6.16. The summed E-state index contributed by atoms with van der Waals surface area (Å²) in [6, 6.07) is 18.9. The molecule has 0 spiro atoms. The number of carbonyl (C=O) groups excluding carboxylic acids is 2. The molecule has 3 aromatic rings. The lowest BCUT2D eigenvalue weighted by Crippen LogP contribution is -2.41. The Kier molecular flexibility index (Phi) is 5.28. The quantitative estimate of drug-likeness (QED) is 0.604. The number of hydrogen-bond donors (Lipinski definition) is 1. The van der Waals surface area contributed by atoms with E-state index in [9.17, 15) is 14.7 Å². The van der Waals surface area contributed by atoms with E-state index in [1.807, 2.05) is 64.1 Å². The number of fused-ring (bicyclic) bond motifs is 1. The van der Waals surface area contributed by atoms with Crippen LogP contribution in [0.3, 0.4) is 0 Å². The molecule has 0 unspecified atom stereocenters. The molecule has 31 heavy (non-hydrogen) atoms. The Morgan fingerprint density at radius 3 is 2.23 bits per heavy atom. The highest BCUT2D eigenvalue weighted by Gasteiger charge is 2.50. The molecule has 0 fully saturated rings. The molecule has 4 rings (SSSR count). The highest BCUT2D eigenvalue weighted by molar-refractivity contribution is 6.11. The summed E-state index contributed by atoms with van der Waals surface area (Å²) in [6.07, 6.45) is -0.282. The van der Waals surface area contributed by atoms with E-state index in [4.69, 9.17) is 0 Å². The zero-order valence-corrected chi connectivity index (χ0v) is 18.4. The predicted molar refractivity (Wildman–Crippen MR) is 122 cm³/mol. The largest absolute Gasteiger partial charge is 0.375 e. The molecule has 1 aliphatic rings. The van der Waals surface area contributed by atoms with Gasteiger partial charge in [0.2, 0.25) is 0 Å². The number of ketones is 1. The third kappa shape index (κ3) is 3.68. The van der Waals surface area contributed by atoms with Crippen LogP contribution in [0.25, 0.3) is 0 Å². The van der Waals surface area contributed by atoms with E-state index in [2.05, 4.69) is 6.07 Å². The molecule has 1 N–H and O–H groups in total. The topological polar surface area (TPSA) is 57.6 Å². The van der Waals surface area contributed by atoms with Crippen molar-refractivity contribution in [2.24, 2.45) is 0 Å². The van der Waals surface area contributed by atoms with Gasteiger partial charge < -0.3 is 10.0 Å². The van der Waals surface area contributed by atoms with Gasteiger partial charge >= 0.3 is 0 Å². The van der Waals surface area contributed by atoms with E-state index in [1.54, 1.807) is 23.1 Å². The van der Waals surface area contributed by atoms with Crippen LogP contribution in [0.4, 0.5) is 5.69 Å². The van der Waals surface area contributed by atoms with Gasteiger partial charge in [-0.2, -0.15) is 0 Å². The van der Waals surface area contributed by atoms with E-state index >= 15 is 0 Å². The van der Waals surface area contributed by atoms with E-state index in [0.717, 1.165) is 27.8 Å². The van der Waals surface area contributed by atoms with Gasteiger partial charge in [0.25, 0.3) is 5.91 Å². The molecule has 0 aliphatic carbocycles. The zero-order valence-electron chi connectivity index (χ0n) is 18.4. The number of rotatable bonds is 5. The number of benzene rings is 3. The van der Waals surface area contributed by atoms with Gasteiger partial charge in [0.1, 0.15) is 0 Å². The molecule has 1 heterocycles. The Morgan fingerprint density at radius 1 is 0.903 bits per heavy atom. The SMILES string of the molecule is Cc1ccc(CN2C(=O)[C@@](O)(CC(=O)c3ccc(C)cc3C)c3ccccc32)c(C)c1. The molecule has 0 radical (unpaired) electrons. The lowest BCUT2D eigenvalue weighted by Gasteiger charge is -2.23. The molecule has 1 atom stereocenters. The number of aliphatic hydroxyl groups is 1. The van der Waals surface area contributed by atoms with Gasteiger partial charge in [0.05, 0.1) is 18.7 Å². The molecule has 158 valence electrons. The molecular formula is C27H27NO3. The van der Waals surface area contributed by atoms with E-state index in [1.165, 1.54) is 0 Å². The average Bonchev–Trinajstić information content (AvgIpc) is 2.92. The first-order valence-corrected chi connectivity index (χ1v) is 10.5. The van der Waals surface area contributed by atoms with Crippen LogP contribution in [0.1, 0.15) is 50.2 Å². The Hall–Kier alpha value is -3.24. The molecule has 4 heteroatoms. The van der Waals surface area contributed by atoms with Crippen LogP contribution in [0.5, 0.6) is 0 Å².